The van der Waals surface area contributed by atoms with Crippen LogP contribution in [0.2, 0.25) is 0 Å². The standard InChI is InChI=1S/C13H13N3O/c1-9-7-14-8-16(9)10(2)13-11-5-3-4-6-12(11)17-15-13/h3-8,10H,1-2H3. The van der Waals surface area contributed by atoms with Gasteiger partial charge in [-0.1, -0.05) is 17.3 Å². The molecule has 1 atom stereocenters. The van der Waals surface area contributed by atoms with Crippen LogP contribution in [0.4, 0.5) is 0 Å². The van der Waals surface area contributed by atoms with Crippen molar-refractivity contribution in [2.75, 3.05) is 0 Å². The molecule has 17 heavy (non-hydrogen) atoms. The fourth-order valence-electron chi connectivity index (χ4n) is 2.11. The third kappa shape index (κ3) is 1.53. The van der Waals surface area contributed by atoms with Crippen molar-refractivity contribution in [1.82, 2.24) is 14.7 Å². The number of para-hydroxylation sites is 1. The molecule has 0 aliphatic rings. The molecule has 4 nitrogen and oxygen atoms in total. The molecule has 3 rings (SSSR count). The maximum atomic E-state index is 5.32. The summed E-state index contributed by atoms with van der Waals surface area (Å²) < 4.78 is 7.41. The van der Waals surface area contributed by atoms with Crippen molar-refractivity contribution in [3.05, 3.63) is 48.2 Å². The lowest BCUT2D eigenvalue weighted by molar-refractivity contribution is 0.431. The van der Waals surface area contributed by atoms with E-state index >= 15 is 0 Å². The van der Waals surface area contributed by atoms with Gasteiger partial charge in [0.1, 0.15) is 5.69 Å². The quantitative estimate of drug-likeness (QED) is 0.676. The lowest BCUT2D eigenvalue weighted by Gasteiger charge is -2.12. The van der Waals surface area contributed by atoms with Crippen molar-refractivity contribution in [2.45, 2.75) is 19.9 Å². The second-order valence-corrected chi connectivity index (χ2v) is 4.18. The molecule has 0 aliphatic carbocycles. The topological polar surface area (TPSA) is 43.9 Å². The number of aryl methyl sites for hydroxylation is 1. The van der Waals surface area contributed by atoms with Gasteiger partial charge in [0.05, 0.1) is 12.4 Å². The van der Waals surface area contributed by atoms with E-state index in [4.69, 9.17) is 4.52 Å². The zero-order valence-corrected chi connectivity index (χ0v) is 9.79. The zero-order chi connectivity index (χ0) is 11.8. The highest BCUT2D eigenvalue weighted by Gasteiger charge is 2.17. The van der Waals surface area contributed by atoms with Crippen molar-refractivity contribution >= 4 is 11.0 Å². The van der Waals surface area contributed by atoms with Gasteiger partial charge in [-0.2, -0.15) is 0 Å². The number of benzene rings is 1. The van der Waals surface area contributed by atoms with E-state index < -0.39 is 0 Å². The van der Waals surface area contributed by atoms with Gasteiger partial charge in [0, 0.05) is 17.3 Å². The Labute approximate surface area is 98.9 Å². The van der Waals surface area contributed by atoms with Crippen LogP contribution in [0.25, 0.3) is 11.0 Å². The zero-order valence-electron chi connectivity index (χ0n) is 9.79. The largest absolute Gasteiger partial charge is 0.356 e. The molecule has 86 valence electrons. The normalized spacial score (nSPS) is 13.1. The number of hydrogen-bond acceptors (Lipinski definition) is 3. The molecule has 0 saturated carbocycles. The molecule has 2 heterocycles. The molecule has 0 N–H and O–H groups in total. The first kappa shape index (κ1) is 10.1. The van der Waals surface area contributed by atoms with E-state index in [9.17, 15) is 0 Å². The Morgan fingerprint density at radius 1 is 1.29 bits per heavy atom. The molecule has 0 bridgehead atoms. The highest BCUT2D eigenvalue weighted by atomic mass is 16.5. The molecule has 0 aliphatic heterocycles. The van der Waals surface area contributed by atoms with E-state index in [-0.39, 0.29) is 6.04 Å². The first-order valence-corrected chi connectivity index (χ1v) is 5.60. The van der Waals surface area contributed by atoms with Crippen LogP contribution in [0, 0.1) is 6.92 Å². The van der Waals surface area contributed by atoms with Crippen LogP contribution in [0.1, 0.15) is 24.4 Å². The maximum Gasteiger partial charge on any atom is 0.167 e. The van der Waals surface area contributed by atoms with E-state index in [1.54, 1.807) is 0 Å². The van der Waals surface area contributed by atoms with Crippen LogP contribution in [-0.2, 0) is 0 Å². The summed E-state index contributed by atoms with van der Waals surface area (Å²) in [6.45, 7) is 4.13. The minimum Gasteiger partial charge on any atom is -0.356 e. The summed E-state index contributed by atoms with van der Waals surface area (Å²) in [4.78, 5) is 4.14. The number of fused-ring (bicyclic) bond motifs is 1. The van der Waals surface area contributed by atoms with Crippen molar-refractivity contribution in [2.24, 2.45) is 0 Å². The van der Waals surface area contributed by atoms with Crippen LogP contribution >= 0.6 is 0 Å². The van der Waals surface area contributed by atoms with E-state index in [1.165, 1.54) is 0 Å². The van der Waals surface area contributed by atoms with Crippen molar-refractivity contribution in [3.8, 4) is 0 Å². The average molecular weight is 227 g/mol. The van der Waals surface area contributed by atoms with Crippen LogP contribution in [-0.4, -0.2) is 14.7 Å². The van der Waals surface area contributed by atoms with Gasteiger partial charge in [-0.3, -0.25) is 0 Å². The number of nitrogens with zero attached hydrogens (tertiary/aromatic N) is 3. The summed E-state index contributed by atoms with van der Waals surface area (Å²) in [7, 11) is 0. The van der Waals surface area contributed by atoms with Gasteiger partial charge in [-0.05, 0) is 26.0 Å². The minimum atomic E-state index is 0.126. The van der Waals surface area contributed by atoms with Crippen LogP contribution in [0.5, 0.6) is 0 Å². The summed E-state index contributed by atoms with van der Waals surface area (Å²) in [5, 5.41) is 5.23. The van der Waals surface area contributed by atoms with Crippen molar-refractivity contribution in [1.29, 1.82) is 0 Å². The van der Waals surface area contributed by atoms with Gasteiger partial charge in [-0.25, -0.2) is 4.98 Å². The van der Waals surface area contributed by atoms with E-state index in [2.05, 4.69) is 21.6 Å². The lowest BCUT2D eigenvalue weighted by Crippen LogP contribution is -2.07. The van der Waals surface area contributed by atoms with Gasteiger partial charge >= 0.3 is 0 Å². The molecule has 0 radical (unpaired) electrons. The number of aromatic nitrogens is 3. The molecule has 2 aromatic heterocycles. The van der Waals surface area contributed by atoms with E-state index in [1.807, 2.05) is 43.7 Å². The second-order valence-electron chi connectivity index (χ2n) is 4.18. The molecule has 0 amide bonds. The van der Waals surface area contributed by atoms with Crippen LogP contribution in [0.3, 0.4) is 0 Å². The average Bonchev–Trinajstić information content (AvgIpc) is 2.94. The Bertz CT molecular complexity index is 653. The second kappa shape index (κ2) is 3.73. The predicted molar refractivity (Wildman–Crippen MR) is 64.8 cm³/mol. The molecule has 4 heteroatoms. The SMILES string of the molecule is Cc1cncn1C(C)c1noc2ccccc12. The van der Waals surface area contributed by atoms with Crippen molar-refractivity contribution in [3.63, 3.8) is 0 Å². The molecular weight excluding hydrogens is 214 g/mol. The predicted octanol–water partition coefficient (Wildman–Crippen LogP) is 2.94. The van der Waals surface area contributed by atoms with Crippen LogP contribution < -0.4 is 0 Å². The summed E-state index contributed by atoms with van der Waals surface area (Å²) in [6.07, 6.45) is 3.67. The first-order chi connectivity index (χ1) is 8.27. The fraction of sp³-hybridized carbons (Fsp3) is 0.231. The van der Waals surface area contributed by atoms with Crippen molar-refractivity contribution < 1.29 is 4.52 Å². The molecule has 1 unspecified atom stereocenters. The van der Waals surface area contributed by atoms with Gasteiger partial charge in [0.15, 0.2) is 5.58 Å². The maximum absolute atomic E-state index is 5.32. The highest BCUT2D eigenvalue weighted by molar-refractivity contribution is 5.79. The van der Waals surface area contributed by atoms with Gasteiger partial charge in [0.2, 0.25) is 0 Å². The number of rotatable bonds is 2. The van der Waals surface area contributed by atoms with E-state index in [0.717, 1.165) is 22.4 Å². The molecule has 0 fully saturated rings. The van der Waals surface area contributed by atoms with Gasteiger partial charge in [-0.15, -0.1) is 0 Å². The monoisotopic (exact) mass is 227 g/mol. The Balaban J connectivity index is 2.13. The molecule has 1 aromatic carbocycles. The molecule has 0 spiro atoms. The molecule has 0 saturated heterocycles. The van der Waals surface area contributed by atoms with E-state index in [0.29, 0.717) is 0 Å². The third-order valence-corrected chi connectivity index (χ3v) is 3.08. The smallest absolute Gasteiger partial charge is 0.167 e. The first-order valence-electron chi connectivity index (χ1n) is 5.60. The van der Waals surface area contributed by atoms with Crippen LogP contribution in [0.15, 0.2) is 41.3 Å². The lowest BCUT2D eigenvalue weighted by atomic mass is 10.1. The summed E-state index contributed by atoms with van der Waals surface area (Å²) in [5.41, 5.74) is 2.89. The Morgan fingerprint density at radius 3 is 2.88 bits per heavy atom. The fourth-order valence-corrected chi connectivity index (χ4v) is 2.11. The summed E-state index contributed by atoms with van der Waals surface area (Å²) in [6, 6.07) is 8.03. The minimum absolute atomic E-state index is 0.126. The van der Waals surface area contributed by atoms with Gasteiger partial charge < -0.3 is 9.09 Å². The molecular formula is C13H13N3O. The summed E-state index contributed by atoms with van der Waals surface area (Å²) >= 11 is 0. The third-order valence-electron chi connectivity index (χ3n) is 3.08. The number of imidazole rings is 1. The summed E-state index contributed by atoms with van der Waals surface area (Å²) in [5.74, 6) is 0. The Morgan fingerprint density at radius 2 is 2.12 bits per heavy atom. The Hall–Kier alpha value is -2.10. The highest BCUT2D eigenvalue weighted by Crippen LogP contribution is 2.26. The molecule has 3 aromatic rings. The Kier molecular flexibility index (Phi) is 2.21. The number of hydrogen-bond donors (Lipinski definition) is 0. The van der Waals surface area contributed by atoms with Gasteiger partial charge in [0.25, 0.3) is 0 Å².